The van der Waals surface area contributed by atoms with Gasteiger partial charge in [0.15, 0.2) is 0 Å². The number of hydrogen-bond acceptors (Lipinski definition) is 4. The minimum absolute atomic E-state index is 0.170. The van der Waals surface area contributed by atoms with Gasteiger partial charge in [-0.15, -0.1) is 0 Å². The Labute approximate surface area is 115 Å². The summed E-state index contributed by atoms with van der Waals surface area (Å²) in [7, 11) is 1.70. The largest absolute Gasteiger partial charge is 0.456 e. The van der Waals surface area contributed by atoms with Crippen LogP contribution < -0.4 is 0 Å². The monoisotopic (exact) mass is 268 g/mol. The van der Waals surface area contributed by atoms with E-state index in [4.69, 9.17) is 14.2 Å². The van der Waals surface area contributed by atoms with Gasteiger partial charge in [-0.1, -0.05) is 6.58 Å². The average Bonchev–Trinajstić information content (AvgIpc) is 2.86. The second-order valence-corrected chi connectivity index (χ2v) is 6.39. The van der Waals surface area contributed by atoms with E-state index in [-0.39, 0.29) is 23.6 Å². The van der Waals surface area contributed by atoms with Gasteiger partial charge in [0.1, 0.15) is 5.60 Å². The van der Waals surface area contributed by atoms with Crippen LogP contribution in [0.4, 0.5) is 0 Å². The van der Waals surface area contributed by atoms with Crippen LogP contribution in [0.3, 0.4) is 0 Å². The highest BCUT2D eigenvalue weighted by Crippen LogP contribution is 2.51. The number of ether oxygens (including phenoxy) is 3. The summed E-state index contributed by atoms with van der Waals surface area (Å²) in [5.74, 6) is -0.103. The van der Waals surface area contributed by atoms with Crippen molar-refractivity contribution in [2.45, 2.75) is 57.3 Å². The fourth-order valence-corrected chi connectivity index (χ4v) is 3.33. The molecule has 19 heavy (non-hydrogen) atoms. The summed E-state index contributed by atoms with van der Waals surface area (Å²) in [5.41, 5.74) is -0.267. The van der Waals surface area contributed by atoms with Crippen LogP contribution in [0.2, 0.25) is 0 Å². The fourth-order valence-electron chi connectivity index (χ4n) is 3.33. The summed E-state index contributed by atoms with van der Waals surface area (Å²) in [6.07, 6.45) is 3.11. The Bertz CT molecular complexity index is 388. The number of carbonyl (C=O) groups excluding carboxylic acids is 1. The van der Waals surface area contributed by atoms with Gasteiger partial charge in [-0.3, -0.25) is 0 Å². The zero-order valence-corrected chi connectivity index (χ0v) is 12.3. The molecule has 3 atom stereocenters. The van der Waals surface area contributed by atoms with Crippen LogP contribution in [0.1, 0.15) is 40.0 Å². The second kappa shape index (κ2) is 4.91. The molecule has 2 aliphatic rings. The number of carbonyl (C=O) groups is 1. The maximum atomic E-state index is 11.7. The van der Waals surface area contributed by atoms with Crippen LogP contribution in [-0.4, -0.2) is 37.0 Å². The predicted octanol–water partition coefficient (Wildman–Crippen LogP) is 2.47. The van der Waals surface area contributed by atoms with E-state index in [1.54, 1.807) is 14.0 Å². The van der Waals surface area contributed by atoms with Crippen molar-refractivity contribution in [1.82, 2.24) is 0 Å². The van der Waals surface area contributed by atoms with E-state index in [1.165, 1.54) is 0 Å². The van der Waals surface area contributed by atoms with Crippen molar-refractivity contribution < 1.29 is 19.0 Å². The van der Waals surface area contributed by atoms with Crippen LogP contribution in [0.5, 0.6) is 0 Å². The lowest BCUT2D eigenvalue weighted by Gasteiger charge is -2.36. The molecule has 2 fully saturated rings. The Kier molecular flexibility index (Phi) is 3.76. The van der Waals surface area contributed by atoms with Gasteiger partial charge in [0.25, 0.3) is 0 Å². The van der Waals surface area contributed by atoms with E-state index in [0.717, 1.165) is 19.3 Å². The number of hydrogen-bond donors (Lipinski definition) is 0. The molecule has 3 unspecified atom stereocenters. The molecule has 2 heterocycles. The lowest BCUT2D eigenvalue weighted by Crippen LogP contribution is -2.43. The normalized spacial score (nSPS) is 33.5. The van der Waals surface area contributed by atoms with E-state index in [0.29, 0.717) is 12.2 Å². The fraction of sp³-hybridized carbons (Fsp3) is 0.800. The second-order valence-electron chi connectivity index (χ2n) is 6.39. The molecule has 0 aromatic rings. The third-order valence-electron chi connectivity index (χ3n) is 4.33. The first-order valence-electron chi connectivity index (χ1n) is 6.85. The predicted molar refractivity (Wildman–Crippen MR) is 71.8 cm³/mol. The zero-order valence-electron chi connectivity index (χ0n) is 12.3. The van der Waals surface area contributed by atoms with Gasteiger partial charge in [0.05, 0.1) is 18.3 Å². The van der Waals surface area contributed by atoms with Gasteiger partial charge < -0.3 is 14.2 Å². The lowest BCUT2D eigenvalue weighted by molar-refractivity contribution is -0.158. The highest BCUT2D eigenvalue weighted by atomic mass is 16.6. The van der Waals surface area contributed by atoms with Crippen LogP contribution in [0, 0.1) is 5.92 Å². The molecule has 2 saturated heterocycles. The quantitative estimate of drug-likeness (QED) is 0.567. The van der Waals surface area contributed by atoms with Crippen LogP contribution in [0.15, 0.2) is 12.2 Å². The molecule has 0 N–H and O–H groups in total. The molecule has 0 radical (unpaired) electrons. The summed E-state index contributed by atoms with van der Waals surface area (Å²) in [4.78, 5) is 11.7. The average molecular weight is 268 g/mol. The van der Waals surface area contributed by atoms with Crippen LogP contribution >= 0.6 is 0 Å². The molecule has 108 valence electrons. The third kappa shape index (κ3) is 2.70. The SMILES string of the molecule is C=C(C)C(=O)OC(C)(C)C1CC2(COC)CCC1O2. The zero-order chi connectivity index (χ0) is 14.3. The van der Waals surface area contributed by atoms with E-state index in [1.807, 2.05) is 13.8 Å². The lowest BCUT2D eigenvalue weighted by atomic mass is 9.74. The number of esters is 1. The maximum Gasteiger partial charge on any atom is 0.333 e. The molecule has 2 rings (SSSR count). The molecule has 0 aliphatic carbocycles. The first kappa shape index (κ1) is 14.5. The molecule has 4 heteroatoms. The van der Waals surface area contributed by atoms with Gasteiger partial charge in [-0.2, -0.15) is 0 Å². The molecule has 2 aliphatic heterocycles. The molecule has 2 bridgehead atoms. The van der Waals surface area contributed by atoms with Crippen molar-refractivity contribution in [3.8, 4) is 0 Å². The van der Waals surface area contributed by atoms with Crippen molar-refractivity contribution in [3.63, 3.8) is 0 Å². The first-order chi connectivity index (χ1) is 8.80. The van der Waals surface area contributed by atoms with E-state index in [2.05, 4.69) is 6.58 Å². The summed E-state index contributed by atoms with van der Waals surface area (Å²) < 4.78 is 17.0. The number of methoxy groups -OCH3 is 1. The van der Waals surface area contributed by atoms with Crippen LogP contribution in [-0.2, 0) is 19.0 Å². The molecule has 0 aromatic heterocycles. The van der Waals surface area contributed by atoms with Gasteiger partial charge in [0.2, 0.25) is 0 Å². The third-order valence-corrected chi connectivity index (χ3v) is 4.33. The van der Waals surface area contributed by atoms with Gasteiger partial charge in [-0.25, -0.2) is 4.79 Å². The molecule has 0 amide bonds. The van der Waals surface area contributed by atoms with Crippen molar-refractivity contribution in [2.24, 2.45) is 5.92 Å². The Morgan fingerprint density at radius 1 is 1.53 bits per heavy atom. The molecule has 0 saturated carbocycles. The summed E-state index contributed by atoms with van der Waals surface area (Å²) in [5, 5.41) is 0. The summed E-state index contributed by atoms with van der Waals surface area (Å²) in [6.45, 7) is 9.84. The first-order valence-corrected chi connectivity index (χ1v) is 6.85. The number of fused-ring (bicyclic) bond motifs is 2. The minimum atomic E-state index is -0.531. The molecule has 0 aromatic carbocycles. The van der Waals surface area contributed by atoms with E-state index in [9.17, 15) is 4.79 Å². The van der Waals surface area contributed by atoms with Crippen molar-refractivity contribution in [2.75, 3.05) is 13.7 Å². The van der Waals surface area contributed by atoms with Crippen LogP contribution in [0.25, 0.3) is 0 Å². The van der Waals surface area contributed by atoms with Gasteiger partial charge in [-0.05, 0) is 40.0 Å². The summed E-state index contributed by atoms with van der Waals surface area (Å²) in [6, 6.07) is 0. The van der Waals surface area contributed by atoms with E-state index >= 15 is 0 Å². The molecular formula is C15H24O4. The number of rotatable bonds is 5. The topological polar surface area (TPSA) is 44.8 Å². The Morgan fingerprint density at radius 3 is 2.79 bits per heavy atom. The van der Waals surface area contributed by atoms with Gasteiger partial charge >= 0.3 is 5.97 Å². The molecule has 0 spiro atoms. The van der Waals surface area contributed by atoms with Crippen molar-refractivity contribution in [3.05, 3.63) is 12.2 Å². The maximum absolute atomic E-state index is 11.7. The van der Waals surface area contributed by atoms with Crippen molar-refractivity contribution >= 4 is 5.97 Å². The standard InChI is InChI=1S/C15H24O4/c1-10(2)13(16)19-14(3,4)11-8-15(9-17-5)7-6-12(11)18-15/h11-12H,1,6-9H2,2-5H3. The summed E-state index contributed by atoms with van der Waals surface area (Å²) >= 11 is 0. The smallest absolute Gasteiger partial charge is 0.333 e. The molecular weight excluding hydrogens is 244 g/mol. The highest BCUT2D eigenvalue weighted by Gasteiger charge is 2.57. The molecule has 4 nitrogen and oxygen atoms in total. The Balaban J connectivity index is 2.07. The Hall–Kier alpha value is -0.870. The Morgan fingerprint density at radius 2 is 2.21 bits per heavy atom. The minimum Gasteiger partial charge on any atom is -0.456 e. The van der Waals surface area contributed by atoms with E-state index < -0.39 is 5.60 Å². The van der Waals surface area contributed by atoms with Gasteiger partial charge in [0, 0.05) is 18.6 Å². The highest BCUT2D eigenvalue weighted by molar-refractivity contribution is 5.87. The van der Waals surface area contributed by atoms with Crippen molar-refractivity contribution in [1.29, 1.82) is 0 Å².